The minimum absolute atomic E-state index is 0.0642. The summed E-state index contributed by atoms with van der Waals surface area (Å²) in [7, 11) is 0. The number of rotatable bonds is 6. The maximum atomic E-state index is 12.5. The number of nitrogens with one attached hydrogen (secondary N) is 1. The van der Waals surface area contributed by atoms with Crippen LogP contribution in [0.3, 0.4) is 0 Å². The Morgan fingerprint density at radius 2 is 1.57 bits per heavy atom. The van der Waals surface area contributed by atoms with Crippen LogP contribution in [0.4, 0.5) is 5.69 Å². The number of benzene rings is 3. The number of aromatic nitrogens is 2. The van der Waals surface area contributed by atoms with Crippen LogP contribution >= 0.6 is 0 Å². The monoisotopic (exact) mass is 395 g/mol. The fourth-order valence-corrected chi connectivity index (χ4v) is 3.11. The highest BCUT2D eigenvalue weighted by Gasteiger charge is 2.08. The van der Waals surface area contributed by atoms with Gasteiger partial charge in [0.05, 0.1) is 6.42 Å². The van der Waals surface area contributed by atoms with Crippen LogP contribution in [0.5, 0.6) is 11.8 Å². The molecule has 0 radical (unpaired) electrons. The molecule has 148 valence electrons. The average Bonchev–Trinajstić information content (AvgIpc) is 2.77. The number of ether oxygens (including phenoxy) is 1. The zero-order chi connectivity index (χ0) is 20.8. The normalized spacial score (nSPS) is 10.4. The summed E-state index contributed by atoms with van der Waals surface area (Å²) in [5.41, 5.74) is 4.91. The highest BCUT2D eigenvalue weighted by atomic mass is 16.5. The molecule has 4 rings (SSSR count). The van der Waals surface area contributed by atoms with Crippen LogP contribution in [0.1, 0.15) is 11.1 Å². The first-order chi connectivity index (χ1) is 14.7. The summed E-state index contributed by atoms with van der Waals surface area (Å²) in [6.45, 7) is 1.92. The SMILES string of the molecule is Cc1cc(Oc2ncccn2)ccc1NC(=O)Cc1ccc(-c2ccccc2)cc1. The van der Waals surface area contributed by atoms with E-state index in [4.69, 9.17) is 4.74 Å². The van der Waals surface area contributed by atoms with Gasteiger partial charge in [-0.25, -0.2) is 9.97 Å². The molecule has 5 heteroatoms. The number of hydrogen-bond acceptors (Lipinski definition) is 4. The van der Waals surface area contributed by atoms with Crippen molar-refractivity contribution in [3.8, 4) is 22.9 Å². The molecule has 1 amide bonds. The number of aryl methyl sites for hydroxylation is 1. The van der Waals surface area contributed by atoms with Gasteiger partial charge in [0.2, 0.25) is 5.91 Å². The zero-order valence-electron chi connectivity index (χ0n) is 16.6. The Morgan fingerprint density at radius 3 is 2.27 bits per heavy atom. The summed E-state index contributed by atoms with van der Waals surface area (Å²) in [5.74, 6) is 0.554. The van der Waals surface area contributed by atoms with Crippen molar-refractivity contribution in [2.24, 2.45) is 0 Å². The maximum absolute atomic E-state index is 12.5. The smallest absolute Gasteiger partial charge is 0.321 e. The van der Waals surface area contributed by atoms with E-state index in [9.17, 15) is 4.79 Å². The molecule has 0 aliphatic rings. The van der Waals surface area contributed by atoms with Crippen molar-refractivity contribution < 1.29 is 9.53 Å². The van der Waals surface area contributed by atoms with Crippen molar-refractivity contribution >= 4 is 11.6 Å². The Hall–Kier alpha value is -3.99. The van der Waals surface area contributed by atoms with Crippen molar-refractivity contribution in [2.75, 3.05) is 5.32 Å². The third-order valence-corrected chi connectivity index (χ3v) is 4.65. The lowest BCUT2D eigenvalue weighted by atomic mass is 10.0. The van der Waals surface area contributed by atoms with E-state index in [1.165, 1.54) is 0 Å². The molecule has 1 N–H and O–H groups in total. The largest absolute Gasteiger partial charge is 0.424 e. The van der Waals surface area contributed by atoms with Gasteiger partial charge in [-0.2, -0.15) is 0 Å². The number of carbonyl (C=O) groups is 1. The van der Waals surface area contributed by atoms with Crippen molar-refractivity contribution in [3.63, 3.8) is 0 Å². The summed E-state index contributed by atoms with van der Waals surface area (Å²) >= 11 is 0. The van der Waals surface area contributed by atoms with Gasteiger partial charge in [0.1, 0.15) is 5.75 Å². The van der Waals surface area contributed by atoms with Gasteiger partial charge >= 0.3 is 6.01 Å². The second kappa shape index (κ2) is 9.01. The third-order valence-electron chi connectivity index (χ3n) is 4.65. The zero-order valence-corrected chi connectivity index (χ0v) is 16.6. The molecule has 0 bridgehead atoms. The molecule has 1 aromatic heterocycles. The number of amides is 1. The molecule has 0 unspecified atom stereocenters. The molecule has 0 atom stereocenters. The number of hydrogen-bond donors (Lipinski definition) is 1. The van der Waals surface area contributed by atoms with Crippen LogP contribution in [0.15, 0.2) is 91.3 Å². The highest BCUT2D eigenvalue weighted by molar-refractivity contribution is 5.93. The van der Waals surface area contributed by atoms with Crippen molar-refractivity contribution in [3.05, 3.63) is 102 Å². The molecule has 0 spiro atoms. The fourth-order valence-electron chi connectivity index (χ4n) is 3.11. The molecule has 3 aromatic carbocycles. The van der Waals surface area contributed by atoms with E-state index < -0.39 is 0 Å². The maximum Gasteiger partial charge on any atom is 0.321 e. The number of carbonyl (C=O) groups excluding carboxylic acids is 1. The highest BCUT2D eigenvalue weighted by Crippen LogP contribution is 2.24. The molecule has 0 fully saturated rings. The van der Waals surface area contributed by atoms with E-state index in [-0.39, 0.29) is 11.9 Å². The molecular weight excluding hydrogens is 374 g/mol. The quantitative estimate of drug-likeness (QED) is 0.473. The molecule has 0 aliphatic carbocycles. The lowest BCUT2D eigenvalue weighted by Crippen LogP contribution is -2.15. The van der Waals surface area contributed by atoms with E-state index >= 15 is 0 Å². The van der Waals surface area contributed by atoms with Gasteiger partial charge in [-0.05, 0) is 53.4 Å². The first-order valence-electron chi connectivity index (χ1n) is 9.67. The first kappa shape index (κ1) is 19.3. The van der Waals surface area contributed by atoms with Crippen molar-refractivity contribution in [1.29, 1.82) is 0 Å². The van der Waals surface area contributed by atoms with Gasteiger partial charge in [-0.1, -0.05) is 54.6 Å². The Morgan fingerprint density at radius 1 is 0.867 bits per heavy atom. The standard InChI is InChI=1S/C25H21N3O2/c1-18-16-22(30-25-26-14-5-15-27-25)12-13-23(18)28-24(29)17-19-8-10-21(11-9-19)20-6-3-2-4-7-20/h2-16H,17H2,1H3,(H,28,29). The second-order valence-corrected chi connectivity index (χ2v) is 6.90. The second-order valence-electron chi connectivity index (χ2n) is 6.90. The average molecular weight is 395 g/mol. The summed E-state index contributed by atoms with van der Waals surface area (Å²) in [6.07, 6.45) is 3.55. The molecule has 0 aliphatic heterocycles. The topological polar surface area (TPSA) is 64.1 Å². The van der Waals surface area contributed by atoms with Crippen LogP contribution in [0, 0.1) is 6.92 Å². The molecule has 1 heterocycles. The lowest BCUT2D eigenvalue weighted by molar-refractivity contribution is -0.115. The predicted molar refractivity (Wildman–Crippen MR) is 117 cm³/mol. The molecule has 30 heavy (non-hydrogen) atoms. The molecule has 0 saturated carbocycles. The van der Waals surface area contributed by atoms with Crippen LogP contribution in [-0.4, -0.2) is 15.9 Å². The van der Waals surface area contributed by atoms with Crippen LogP contribution < -0.4 is 10.1 Å². The fraction of sp³-hybridized carbons (Fsp3) is 0.0800. The first-order valence-corrected chi connectivity index (χ1v) is 9.67. The van der Waals surface area contributed by atoms with E-state index in [1.54, 1.807) is 24.5 Å². The van der Waals surface area contributed by atoms with Crippen LogP contribution in [0.25, 0.3) is 11.1 Å². The number of anilines is 1. The number of nitrogens with zero attached hydrogens (tertiary/aromatic N) is 2. The Labute approximate surface area is 175 Å². The summed E-state index contributed by atoms with van der Waals surface area (Å²) in [6, 6.07) is 25.7. The third kappa shape index (κ3) is 4.89. The van der Waals surface area contributed by atoms with E-state index in [0.717, 1.165) is 27.9 Å². The van der Waals surface area contributed by atoms with Crippen molar-refractivity contribution in [2.45, 2.75) is 13.3 Å². The van der Waals surface area contributed by atoms with E-state index in [2.05, 4.69) is 27.4 Å². The Bertz CT molecular complexity index is 1130. The summed E-state index contributed by atoms with van der Waals surface area (Å²) in [4.78, 5) is 20.6. The lowest BCUT2D eigenvalue weighted by Gasteiger charge is -2.11. The van der Waals surface area contributed by atoms with E-state index in [1.807, 2.05) is 61.5 Å². The van der Waals surface area contributed by atoms with E-state index in [0.29, 0.717) is 12.2 Å². The molecule has 5 nitrogen and oxygen atoms in total. The minimum Gasteiger partial charge on any atom is -0.424 e. The minimum atomic E-state index is -0.0642. The van der Waals surface area contributed by atoms with Crippen LogP contribution in [0.2, 0.25) is 0 Å². The van der Waals surface area contributed by atoms with Gasteiger partial charge in [0.15, 0.2) is 0 Å². The molecule has 4 aromatic rings. The molecule has 0 saturated heterocycles. The van der Waals surface area contributed by atoms with Gasteiger partial charge in [-0.3, -0.25) is 4.79 Å². The summed E-state index contributed by atoms with van der Waals surface area (Å²) < 4.78 is 5.63. The van der Waals surface area contributed by atoms with Crippen molar-refractivity contribution in [1.82, 2.24) is 9.97 Å². The van der Waals surface area contributed by atoms with Gasteiger partial charge in [0, 0.05) is 18.1 Å². The molecular formula is C25H21N3O2. The Kier molecular flexibility index (Phi) is 5.80. The predicted octanol–water partition coefficient (Wildman–Crippen LogP) is 5.43. The van der Waals surface area contributed by atoms with Gasteiger partial charge in [0.25, 0.3) is 0 Å². The Balaban J connectivity index is 1.38. The van der Waals surface area contributed by atoms with Gasteiger partial charge in [-0.15, -0.1) is 0 Å². The van der Waals surface area contributed by atoms with Gasteiger partial charge < -0.3 is 10.1 Å². The summed E-state index contributed by atoms with van der Waals surface area (Å²) in [5, 5.41) is 2.97. The van der Waals surface area contributed by atoms with Crippen LogP contribution in [-0.2, 0) is 11.2 Å².